The summed E-state index contributed by atoms with van der Waals surface area (Å²) in [6, 6.07) is 0. The van der Waals surface area contributed by atoms with E-state index in [1.165, 1.54) is 0 Å². The van der Waals surface area contributed by atoms with E-state index in [1.807, 2.05) is 5.92 Å². The number of halogens is 2. The number of hydrogen-bond acceptors (Lipinski definition) is 11. The summed E-state index contributed by atoms with van der Waals surface area (Å²) in [5, 5.41) is 10.1. The molecule has 0 radical (unpaired) electrons. The highest BCUT2D eigenvalue weighted by molar-refractivity contribution is 7.66. The van der Waals surface area contributed by atoms with E-state index in [-0.39, 0.29) is 22.1 Å². The Hall–Kier alpha value is -1.47. The summed E-state index contributed by atoms with van der Waals surface area (Å²) >= 11 is 5.73. The van der Waals surface area contributed by atoms with Gasteiger partial charge in [0, 0.05) is 13.3 Å². The molecule has 34 heavy (non-hydrogen) atoms. The summed E-state index contributed by atoms with van der Waals surface area (Å²) in [7, 11) is -16.0. The van der Waals surface area contributed by atoms with Crippen LogP contribution in [0.2, 0.25) is 5.28 Å². The molecule has 0 spiro atoms. The van der Waals surface area contributed by atoms with Gasteiger partial charge in [0.15, 0.2) is 11.4 Å². The summed E-state index contributed by atoms with van der Waals surface area (Å²) in [5.74, 6) is 0.818. The molecular weight excluding hydrogens is 552 g/mol. The second-order valence-electron chi connectivity index (χ2n) is 6.32. The first-order chi connectivity index (χ1) is 15.4. The van der Waals surface area contributed by atoms with Crippen LogP contribution in [0.15, 0.2) is 6.20 Å². The van der Waals surface area contributed by atoms with Crippen molar-refractivity contribution < 1.29 is 60.6 Å². The van der Waals surface area contributed by atoms with Gasteiger partial charge in [-0.1, -0.05) is 5.92 Å². The highest BCUT2D eigenvalue weighted by Gasteiger charge is 2.44. The number of nitrogens with zero attached hydrogens (tertiary/aromatic N) is 3. The molecule has 2 aromatic heterocycles. The van der Waals surface area contributed by atoms with Gasteiger partial charge in [-0.25, -0.2) is 23.1 Å². The summed E-state index contributed by atoms with van der Waals surface area (Å²) < 4.78 is 66.0. The fraction of sp³-hybridized carbons (Fsp3) is 0.385. The zero-order valence-electron chi connectivity index (χ0n) is 16.8. The van der Waals surface area contributed by atoms with Crippen LogP contribution < -0.4 is 5.73 Å². The second kappa shape index (κ2) is 10.3. The molecule has 2 aromatic rings. The van der Waals surface area contributed by atoms with Crippen molar-refractivity contribution in [3.05, 3.63) is 17.3 Å². The summed E-state index contributed by atoms with van der Waals surface area (Å²) in [6.45, 7) is -1.74. The molecule has 21 heteroatoms. The Bertz CT molecular complexity index is 1260. The van der Waals surface area contributed by atoms with Crippen molar-refractivity contribution in [1.82, 2.24) is 14.5 Å². The molecule has 16 nitrogen and oxygen atoms in total. The topological polar surface area (TPSA) is 246 Å². The highest BCUT2D eigenvalue weighted by atomic mass is 35.5. The fourth-order valence-electron chi connectivity index (χ4n) is 2.58. The minimum atomic E-state index is -5.79. The van der Waals surface area contributed by atoms with Crippen molar-refractivity contribution in [3.8, 4) is 12.3 Å². The maximum Gasteiger partial charge on any atom is 0.490 e. The predicted octanol–water partition coefficient (Wildman–Crippen LogP) is 0.529. The molecule has 0 fully saturated rings. The predicted molar refractivity (Wildman–Crippen MR) is 111 cm³/mol. The minimum absolute atomic E-state index is 0.135. The lowest BCUT2D eigenvalue weighted by Gasteiger charge is -2.32. The number of phosphoric ester groups is 1. The average Bonchev–Trinajstić information content (AvgIpc) is 2.95. The number of hydrogen-bond donors (Lipinski definition) is 6. The summed E-state index contributed by atoms with van der Waals surface area (Å²) in [5.41, 5.74) is 3.24. The van der Waals surface area contributed by atoms with Gasteiger partial charge in [-0.2, -0.15) is 13.6 Å². The van der Waals surface area contributed by atoms with Gasteiger partial charge in [-0.05, 0) is 11.6 Å². The van der Waals surface area contributed by atoms with Gasteiger partial charge in [0.1, 0.15) is 24.2 Å². The van der Waals surface area contributed by atoms with Crippen LogP contribution in [0.4, 0.5) is 10.2 Å². The van der Waals surface area contributed by atoms with Gasteiger partial charge in [0.25, 0.3) is 0 Å². The number of rotatable bonds is 11. The quantitative estimate of drug-likeness (QED) is 0.123. The Morgan fingerprint density at radius 1 is 1.26 bits per heavy atom. The molecule has 0 aromatic carbocycles. The largest absolute Gasteiger partial charge is 0.490 e. The standard InChI is InChI=1S/C13H17ClFN4O12P3/c1-3-13(28-2,6-29-33(24,25)31-34(26,27)30-32(21,22)23)8(20)5-19-4-7(15)9-10(16)17-12(14)18-11(9)19/h1,4,8,20H,5-6H2,2H3,(H,24,25)(H,26,27)(H2,16,17,18)(H2,21,22,23)/t8-,13+/m0/s1. The first kappa shape index (κ1) is 28.8. The number of methoxy groups -OCH3 is 1. The Kier molecular flexibility index (Phi) is 8.68. The van der Waals surface area contributed by atoms with E-state index >= 15 is 0 Å². The van der Waals surface area contributed by atoms with Crippen molar-refractivity contribution in [1.29, 1.82) is 0 Å². The van der Waals surface area contributed by atoms with Crippen LogP contribution >= 0.6 is 35.1 Å². The molecule has 4 atom stereocenters. The third-order valence-electron chi connectivity index (χ3n) is 4.05. The number of aliphatic hydroxyl groups is 1. The molecule has 0 aliphatic carbocycles. The van der Waals surface area contributed by atoms with Gasteiger partial charge in [0.2, 0.25) is 5.28 Å². The van der Waals surface area contributed by atoms with E-state index in [1.54, 1.807) is 0 Å². The van der Waals surface area contributed by atoms with Crippen LogP contribution in [-0.4, -0.2) is 64.6 Å². The number of fused-ring (bicyclic) bond motifs is 1. The third kappa shape index (κ3) is 7.03. The van der Waals surface area contributed by atoms with Crippen LogP contribution in [-0.2, 0) is 38.1 Å². The minimum Gasteiger partial charge on any atom is -0.387 e. The number of nitrogen functional groups attached to an aromatic ring is 1. The molecule has 0 saturated heterocycles. The van der Waals surface area contributed by atoms with Gasteiger partial charge >= 0.3 is 23.5 Å². The van der Waals surface area contributed by atoms with Crippen molar-refractivity contribution >= 4 is 51.9 Å². The lowest BCUT2D eigenvalue weighted by atomic mass is 9.98. The summed E-state index contributed by atoms with van der Waals surface area (Å²) in [6.07, 6.45) is 4.43. The normalized spacial score (nSPS) is 18.6. The molecule has 0 aliphatic heterocycles. The van der Waals surface area contributed by atoms with Crippen LogP contribution in [0.1, 0.15) is 0 Å². The van der Waals surface area contributed by atoms with Gasteiger partial charge in [-0.15, -0.1) is 6.42 Å². The Morgan fingerprint density at radius 3 is 2.41 bits per heavy atom. The molecule has 190 valence electrons. The lowest BCUT2D eigenvalue weighted by molar-refractivity contribution is -0.0928. The molecule has 0 aliphatic rings. The fourth-order valence-corrected chi connectivity index (χ4v) is 5.80. The Balaban J connectivity index is 2.26. The molecule has 2 unspecified atom stereocenters. The Labute approximate surface area is 194 Å². The van der Waals surface area contributed by atoms with Gasteiger partial charge in [-0.3, -0.25) is 4.52 Å². The molecule has 0 bridgehead atoms. The van der Waals surface area contributed by atoms with E-state index in [4.69, 9.17) is 38.3 Å². The van der Waals surface area contributed by atoms with Crippen LogP contribution in [0, 0.1) is 18.2 Å². The van der Waals surface area contributed by atoms with E-state index in [2.05, 4.69) is 23.1 Å². The maximum absolute atomic E-state index is 14.3. The molecule has 0 saturated carbocycles. The van der Waals surface area contributed by atoms with E-state index in [9.17, 15) is 33.0 Å². The smallest absolute Gasteiger partial charge is 0.387 e. The van der Waals surface area contributed by atoms with Crippen LogP contribution in [0.3, 0.4) is 0 Å². The van der Waals surface area contributed by atoms with Crippen molar-refractivity contribution in [2.75, 3.05) is 19.5 Å². The number of aliphatic hydroxyl groups excluding tert-OH is 1. The van der Waals surface area contributed by atoms with Gasteiger partial charge < -0.3 is 39.7 Å². The maximum atomic E-state index is 14.3. The number of aromatic nitrogens is 3. The third-order valence-corrected chi connectivity index (χ3v) is 8.00. The number of terminal acetylenes is 1. The van der Waals surface area contributed by atoms with Crippen LogP contribution in [0.25, 0.3) is 11.0 Å². The average molecular weight is 569 g/mol. The van der Waals surface area contributed by atoms with Crippen molar-refractivity contribution in [3.63, 3.8) is 0 Å². The van der Waals surface area contributed by atoms with Crippen LogP contribution in [0.5, 0.6) is 0 Å². The lowest BCUT2D eigenvalue weighted by Crippen LogP contribution is -2.48. The van der Waals surface area contributed by atoms with E-state index < -0.39 is 54.1 Å². The highest BCUT2D eigenvalue weighted by Crippen LogP contribution is 2.66. The van der Waals surface area contributed by atoms with Gasteiger partial charge in [0.05, 0.1) is 11.9 Å². The Morgan fingerprint density at radius 2 is 1.88 bits per heavy atom. The number of nitrogens with two attached hydrogens (primary N) is 1. The van der Waals surface area contributed by atoms with E-state index in [0.717, 1.165) is 17.9 Å². The first-order valence-corrected chi connectivity index (χ1v) is 13.3. The molecule has 7 N–H and O–H groups in total. The number of anilines is 1. The van der Waals surface area contributed by atoms with E-state index in [0.29, 0.717) is 0 Å². The SMILES string of the molecule is C#C[C@](COP(=O)(O)OP(=O)(O)OP(=O)(O)O)(OC)[C@@H](O)Cn1cc(F)c2c(N)nc(Cl)nc21. The monoisotopic (exact) mass is 568 g/mol. The zero-order chi connectivity index (χ0) is 26.1. The molecule has 2 heterocycles. The molecular formula is C13H17ClFN4O12P3. The zero-order valence-corrected chi connectivity index (χ0v) is 20.2. The van der Waals surface area contributed by atoms with Crippen molar-refractivity contribution in [2.45, 2.75) is 18.2 Å². The number of phosphoric acid groups is 3. The molecule has 0 amide bonds. The van der Waals surface area contributed by atoms with Crippen molar-refractivity contribution in [2.24, 2.45) is 0 Å². The first-order valence-electron chi connectivity index (χ1n) is 8.41. The second-order valence-corrected chi connectivity index (χ2v) is 11.1. The number of ether oxygens (including phenoxy) is 1. The molecule has 2 rings (SSSR count). The summed E-state index contributed by atoms with van der Waals surface area (Å²) in [4.78, 5) is 43.3.